The van der Waals surface area contributed by atoms with Crippen LogP contribution in [0.5, 0.6) is 0 Å². The smallest absolute Gasteiger partial charge is 0.306 e. The maximum absolute atomic E-state index is 12.0. The van der Waals surface area contributed by atoms with Gasteiger partial charge in [0.2, 0.25) is 0 Å². The fourth-order valence-corrected chi connectivity index (χ4v) is 5.20. The molecule has 5 nitrogen and oxygen atoms in total. The van der Waals surface area contributed by atoms with E-state index in [9.17, 15) is 9.90 Å². The lowest BCUT2D eigenvalue weighted by Gasteiger charge is -2.15. The van der Waals surface area contributed by atoms with Gasteiger partial charge in [0.25, 0.3) is 0 Å². The monoisotopic (exact) mass is 521 g/mol. The Morgan fingerprint density at radius 3 is 2.28 bits per heavy atom. The molecule has 0 saturated heterocycles. The Hall–Kier alpha value is -3.96. The van der Waals surface area contributed by atoms with Gasteiger partial charge in [-0.1, -0.05) is 96.2 Å². The van der Waals surface area contributed by atoms with Gasteiger partial charge in [-0.15, -0.1) is 0 Å². The number of esters is 1. The molecule has 1 fully saturated rings. The maximum Gasteiger partial charge on any atom is 0.306 e. The molecule has 1 N–H and O–H groups in total. The molecular weight excluding hydrogens is 486 g/mol. The van der Waals surface area contributed by atoms with Crippen molar-refractivity contribution in [3.63, 3.8) is 0 Å². The fourth-order valence-electron chi connectivity index (χ4n) is 5.20. The number of benzene rings is 3. The molecule has 200 valence electrons. The second-order valence-corrected chi connectivity index (χ2v) is 10.3. The van der Waals surface area contributed by atoms with Gasteiger partial charge in [0, 0.05) is 11.0 Å². The van der Waals surface area contributed by atoms with Crippen LogP contribution in [0, 0.1) is 6.92 Å². The van der Waals surface area contributed by atoms with Crippen molar-refractivity contribution in [3.05, 3.63) is 107 Å². The topological polar surface area (TPSA) is 72.6 Å². The molecule has 5 rings (SSSR count). The highest BCUT2D eigenvalue weighted by Crippen LogP contribution is 2.51. The molecule has 0 amide bonds. The summed E-state index contributed by atoms with van der Waals surface area (Å²) in [5, 5.41) is 15.1. The quantitative estimate of drug-likeness (QED) is 0.204. The molecule has 0 bridgehead atoms. The van der Waals surface area contributed by atoms with Crippen molar-refractivity contribution >= 4 is 12.0 Å². The minimum Gasteiger partial charge on any atom is -0.466 e. The number of nitrogens with zero attached hydrogens (tertiary/aromatic N) is 1. The van der Waals surface area contributed by atoms with Crippen molar-refractivity contribution in [1.29, 1.82) is 0 Å². The molecule has 1 aliphatic carbocycles. The Balaban J connectivity index is 1.25. The van der Waals surface area contributed by atoms with Gasteiger partial charge in [0.05, 0.1) is 30.4 Å². The van der Waals surface area contributed by atoms with Crippen molar-refractivity contribution in [1.82, 2.24) is 5.16 Å². The maximum atomic E-state index is 12.0. The zero-order chi connectivity index (χ0) is 27.2. The van der Waals surface area contributed by atoms with Crippen LogP contribution in [0.4, 0.5) is 0 Å². The van der Waals surface area contributed by atoms with Crippen LogP contribution in [-0.4, -0.2) is 22.8 Å². The molecule has 1 atom stereocenters. The van der Waals surface area contributed by atoms with Crippen molar-refractivity contribution in [2.24, 2.45) is 0 Å². The highest BCUT2D eigenvalue weighted by atomic mass is 16.5. The van der Waals surface area contributed by atoms with E-state index in [-0.39, 0.29) is 11.4 Å². The number of hydrogen-bond acceptors (Lipinski definition) is 5. The van der Waals surface area contributed by atoms with Gasteiger partial charge in [-0.05, 0) is 61.8 Å². The van der Waals surface area contributed by atoms with Gasteiger partial charge in [0.15, 0.2) is 5.76 Å². The van der Waals surface area contributed by atoms with Crippen LogP contribution in [-0.2, 0) is 14.9 Å². The van der Waals surface area contributed by atoms with Crippen molar-refractivity contribution in [2.75, 3.05) is 6.61 Å². The summed E-state index contributed by atoms with van der Waals surface area (Å²) in [5.74, 6) is 0.494. The summed E-state index contributed by atoms with van der Waals surface area (Å²) in [6, 6.07) is 26.8. The first-order chi connectivity index (χ1) is 19.0. The molecule has 0 aliphatic heterocycles. The molecule has 1 aliphatic rings. The minimum absolute atomic E-state index is 0.0621. The highest BCUT2D eigenvalue weighted by Gasteiger charge is 2.46. The number of carbonyl (C=O) groups excluding carboxylic acids is 1. The van der Waals surface area contributed by atoms with Crippen molar-refractivity contribution < 1.29 is 19.2 Å². The van der Waals surface area contributed by atoms with Crippen LogP contribution in [0.1, 0.15) is 67.5 Å². The van der Waals surface area contributed by atoms with E-state index in [4.69, 9.17) is 9.26 Å². The fraction of sp³-hybridized carbons (Fsp3) is 0.294. The van der Waals surface area contributed by atoms with Gasteiger partial charge in [-0.25, -0.2) is 0 Å². The van der Waals surface area contributed by atoms with Crippen LogP contribution in [0.15, 0.2) is 89.5 Å². The molecule has 3 aromatic carbocycles. The molecule has 5 heteroatoms. The van der Waals surface area contributed by atoms with Crippen LogP contribution >= 0.6 is 0 Å². The third-order valence-electron chi connectivity index (χ3n) is 7.58. The average Bonchev–Trinajstić information content (AvgIpc) is 3.63. The standard InChI is InChI=1S/C34H35NO4/c1-3-38-31(37)23-34(21-22-34)29-19-17-27(18-20-29)26-13-15-28(16-14-26)33-32(24(2)35-39-33)30(36)12-8-7-11-25-9-5-4-6-10-25/h4-7,9-11,13-20,30,36H,3,8,12,21-23H2,1-2H3. The first kappa shape index (κ1) is 26.6. The highest BCUT2D eigenvalue weighted by molar-refractivity contribution is 5.73. The van der Waals surface area contributed by atoms with Gasteiger partial charge in [-0.3, -0.25) is 4.79 Å². The number of aliphatic hydroxyl groups excluding tert-OH is 1. The van der Waals surface area contributed by atoms with E-state index in [0.29, 0.717) is 30.9 Å². The minimum atomic E-state index is -0.664. The number of allylic oxidation sites excluding steroid dienone is 1. The predicted octanol–water partition coefficient (Wildman–Crippen LogP) is 7.83. The Morgan fingerprint density at radius 1 is 1.00 bits per heavy atom. The molecule has 1 aromatic heterocycles. The van der Waals surface area contributed by atoms with E-state index in [1.165, 1.54) is 5.56 Å². The third kappa shape index (κ3) is 6.21. The van der Waals surface area contributed by atoms with Crippen LogP contribution in [0.3, 0.4) is 0 Å². The van der Waals surface area contributed by atoms with E-state index in [2.05, 4.69) is 65.8 Å². The summed E-state index contributed by atoms with van der Waals surface area (Å²) in [7, 11) is 0. The average molecular weight is 522 g/mol. The molecule has 1 unspecified atom stereocenters. The third-order valence-corrected chi connectivity index (χ3v) is 7.58. The van der Waals surface area contributed by atoms with Crippen LogP contribution in [0.25, 0.3) is 28.5 Å². The van der Waals surface area contributed by atoms with Gasteiger partial charge in [-0.2, -0.15) is 0 Å². The first-order valence-electron chi connectivity index (χ1n) is 13.7. The van der Waals surface area contributed by atoms with E-state index in [1.807, 2.05) is 44.2 Å². The Morgan fingerprint density at radius 2 is 1.64 bits per heavy atom. The molecule has 1 heterocycles. The summed E-state index contributed by atoms with van der Waals surface area (Å²) < 4.78 is 10.8. The molecule has 0 spiro atoms. The second kappa shape index (κ2) is 11.8. The summed E-state index contributed by atoms with van der Waals surface area (Å²) >= 11 is 0. The number of carbonyl (C=O) groups is 1. The zero-order valence-corrected chi connectivity index (χ0v) is 22.6. The molecular formula is C34H35NO4. The van der Waals surface area contributed by atoms with E-state index in [1.54, 1.807) is 0 Å². The Bertz CT molecular complexity index is 1410. The number of rotatable bonds is 11. The second-order valence-electron chi connectivity index (χ2n) is 10.3. The number of aryl methyl sites for hydroxylation is 1. The Kier molecular flexibility index (Phi) is 8.08. The van der Waals surface area contributed by atoms with Crippen molar-refractivity contribution in [2.45, 2.75) is 57.5 Å². The lowest BCUT2D eigenvalue weighted by atomic mass is 9.90. The number of aliphatic hydroxyl groups is 1. The van der Waals surface area contributed by atoms with Crippen LogP contribution in [0.2, 0.25) is 0 Å². The van der Waals surface area contributed by atoms with Gasteiger partial charge in [0.1, 0.15) is 0 Å². The Labute approximate surface area is 230 Å². The van der Waals surface area contributed by atoms with Crippen LogP contribution < -0.4 is 0 Å². The first-order valence-corrected chi connectivity index (χ1v) is 13.7. The zero-order valence-electron chi connectivity index (χ0n) is 22.6. The van der Waals surface area contributed by atoms with E-state index < -0.39 is 6.10 Å². The molecule has 39 heavy (non-hydrogen) atoms. The van der Waals surface area contributed by atoms with Crippen molar-refractivity contribution in [3.8, 4) is 22.5 Å². The summed E-state index contributed by atoms with van der Waals surface area (Å²) in [5.41, 5.74) is 6.82. The van der Waals surface area contributed by atoms with Gasteiger partial charge < -0.3 is 14.4 Å². The summed E-state index contributed by atoms with van der Waals surface area (Å²) in [6.07, 6.45) is 7.32. The molecule has 1 saturated carbocycles. The van der Waals surface area contributed by atoms with Gasteiger partial charge >= 0.3 is 5.97 Å². The SMILES string of the molecule is CCOC(=O)CC1(c2ccc(-c3ccc(-c4onc(C)c4C(O)CCC=Cc4ccccc4)cc3)cc2)CC1. The predicted molar refractivity (Wildman–Crippen MR) is 154 cm³/mol. The summed E-state index contributed by atoms with van der Waals surface area (Å²) in [4.78, 5) is 12.0. The lowest BCUT2D eigenvalue weighted by molar-refractivity contribution is -0.143. The van der Waals surface area contributed by atoms with E-state index in [0.717, 1.165) is 47.1 Å². The number of ether oxygens (including phenoxy) is 1. The molecule has 0 radical (unpaired) electrons. The number of aromatic nitrogens is 1. The number of hydrogen-bond donors (Lipinski definition) is 1. The lowest BCUT2D eigenvalue weighted by Crippen LogP contribution is -2.15. The summed E-state index contributed by atoms with van der Waals surface area (Å²) in [6.45, 7) is 4.13. The van der Waals surface area contributed by atoms with E-state index >= 15 is 0 Å². The molecule has 4 aromatic rings. The normalized spacial score (nSPS) is 14.8. The largest absolute Gasteiger partial charge is 0.466 e.